The van der Waals surface area contributed by atoms with Crippen LogP contribution in [-0.4, -0.2) is 55.3 Å². The third kappa shape index (κ3) is 6.41. The zero-order chi connectivity index (χ0) is 28.0. The van der Waals surface area contributed by atoms with Crippen molar-refractivity contribution in [2.75, 3.05) is 24.2 Å². The highest BCUT2D eigenvalue weighted by atomic mass is 16.4. The summed E-state index contributed by atoms with van der Waals surface area (Å²) in [6.07, 6.45) is 0. The monoisotopic (exact) mass is 523 g/mol. The molecule has 1 heterocycles. The number of nitrogen functional groups attached to an aromatic ring is 2. The van der Waals surface area contributed by atoms with Crippen LogP contribution in [0, 0.1) is 5.41 Å². The molecule has 200 valence electrons. The van der Waals surface area contributed by atoms with Gasteiger partial charge in [0, 0.05) is 30.9 Å². The zero-order valence-corrected chi connectivity index (χ0v) is 20.9. The van der Waals surface area contributed by atoms with Crippen LogP contribution in [0.3, 0.4) is 0 Å². The van der Waals surface area contributed by atoms with E-state index >= 15 is 0 Å². The minimum atomic E-state index is -1.27. The lowest BCUT2D eigenvalue weighted by Gasteiger charge is -2.20. The lowest BCUT2D eigenvalue weighted by atomic mass is 10.1. The first kappa shape index (κ1) is 27.6. The van der Waals surface area contributed by atoms with Gasteiger partial charge in [-0.05, 0) is 23.8 Å². The summed E-state index contributed by atoms with van der Waals surface area (Å²) in [6.45, 7) is 4.18. The molecule has 1 amide bonds. The molecule has 3 aromatic rings. The van der Waals surface area contributed by atoms with Crippen LogP contribution in [0.15, 0.2) is 52.1 Å². The van der Waals surface area contributed by atoms with Gasteiger partial charge in [0.2, 0.25) is 11.7 Å². The number of amidine groups is 1. The molecule has 3 rings (SSSR count). The second kappa shape index (κ2) is 11.8. The Bertz CT molecular complexity index is 1470. The summed E-state index contributed by atoms with van der Waals surface area (Å²) in [6, 6.07) is 10.4. The third-order valence-corrected chi connectivity index (χ3v) is 5.58. The number of anilines is 2. The molecule has 0 radical (unpaired) electrons. The van der Waals surface area contributed by atoms with Gasteiger partial charge in [0.25, 0.3) is 0 Å². The van der Waals surface area contributed by atoms with Crippen molar-refractivity contribution in [3.05, 3.63) is 80.0 Å². The number of nitrogens with one attached hydrogen (secondary N) is 3. The molecule has 38 heavy (non-hydrogen) atoms. The number of hydrazine groups is 1. The number of rotatable bonds is 11. The summed E-state index contributed by atoms with van der Waals surface area (Å²) in [7, 11) is 0. The molecule has 14 heteroatoms. The van der Waals surface area contributed by atoms with E-state index < -0.39 is 29.7 Å². The number of carboxylic acids is 1. The lowest BCUT2D eigenvalue weighted by Crippen LogP contribution is -2.46. The zero-order valence-electron chi connectivity index (χ0n) is 20.9. The van der Waals surface area contributed by atoms with E-state index in [2.05, 4.69) is 15.8 Å². The van der Waals surface area contributed by atoms with Crippen molar-refractivity contribution in [1.82, 2.24) is 24.7 Å². The molecule has 0 bridgehead atoms. The molecule has 0 aliphatic heterocycles. The Kier molecular flexibility index (Phi) is 8.60. The largest absolute Gasteiger partial charge is 0.478 e. The molecule has 14 nitrogen and oxygen atoms in total. The first-order valence-corrected chi connectivity index (χ1v) is 11.6. The van der Waals surface area contributed by atoms with Crippen molar-refractivity contribution in [1.29, 1.82) is 5.41 Å². The van der Waals surface area contributed by atoms with E-state index in [0.717, 1.165) is 4.68 Å². The van der Waals surface area contributed by atoms with E-state index in [1.54, 1.807) is 29.3 Å². The predicted molar refractivity (Wildman–Crippen MR) is 141 cm³/mol. The summed E-state index contributed by atoms with van der Waals surface area (Å²) < 4.78 is 1.53. The molecular weight excluding hydrogens is 494 g/mol. The van der Waals surface area contributed by atoms with E-state index in [4.69, 9.17) is 16.9 Å². The van der Waals surface area contributed by atoms with Gasteiger partial charge in [-0.15, -0.1) is 5.10 Å². The third-order valence-electron chi connectivity index (χ3n) is 5.58. The highest BCUT2D eigenvalue weighted by Crippen LogP contribution is 2.15. The Labute approximate surface area is 217 Å². The van der Waals surface area contributed by atoms with Crippen molar-refractivity contribution in [2.24, 2.45) is 5.73 Å². The minimum absolute atomic E-state index is 0.00900. The molecule has 0 atom stereocenters. The molecule has 0 aliphatic carbocycles. The molecule has 1 aromatic heterocycles. The van der Waals surface area contributed by atoms with Crippen LogP contribution in [-0.2, 0) is 17.9 Å². The summed E-state index contributed by atoms with van der Waals surface area (Å²) in [4.78, 5) is 50.7. The Morgan fingerprint density at radius 3 is 2.32 bits per heavy atom. The fourth-order valence-electron chi connectivity index (χ4n) is 3.51. The van der Waals surface area contributed by atoms with Gasteiger partial charge in [0.1, 0.15) is 12.4 Å². The number of aromatic nitrogens is 3. The molecule has 0 saturated heterocycles. The van der Waals surface area contributed by atoms with Crippen molar-refractivity contribution in [3.8, 4) is 5.69 Å². The number of carboxylic acid groups (broad SMARTS) is 1. The van der Waals surface area contributed by atoms with Crippen molar-refractivity contribution in [2.45, 2.75) is 26.9 Å². The van der Waals surface area contributed by atoms with E-state index in [-0.39, 0.29) is 35.1 Å². The Morgan fingerprint density at radius 2 is 1.74 bits per heavy atom. The van der Waals surface area contributed by atoms with Gasteiger partial charge in [-0.3, -0.25) is 20.4 Å². The van der Waals surface area contributed by atoms with Crippen LogP contribution in [0.5, 0.6) is 0 Å². The van der Waals surface area contributed by atoms with Crippen LogP contribution >= 0.6 is 0 Å². The summed E-state index contributed by atoms with van der Waals surface area (Å²) in [5.74, 6) is -2.21. The number of hydrogen-bond acceptors (Lipinski definition) is 9. The highest BCUT2D eigenvalue weighted by molar-refractivity contribution is 5.94. The average molecular weight is 524 g/mol. The highest BCUT2D eigenvalue weighted by Gasteiger charge is 2.19. The van der Waals surface area contributed by atoms with Gasteiger partial charge >= 0.3 is 17.2 Å². The Morgan fingerprint density at radius 1 is 1.08 bits per heavy atom. The Hall–Kier alpha value is -4.98. The number of nitrogens with two attached hydrogens (primary N) is 2. The number of nitrogens with zero attached hydrogens (tertiary/aromatic N) is 4. The maximum absolute atomic E-state index is 13.3. The number of carbonyl (C=O) groups excluding carboxylic acids is 1. The maximum atomic E-state index is 13.3. The quantitative estimate of drug-likeness (QED) is 0.0852. The maximum Gasteiger partial charge on any atom is 0.352 e. The van der Waals surface area contributed by atoms with E-state index in [1.807, 2.05) is 13.8 Å². The molecule has 0 aliphatic rings. The van der Waals surface area contributed by atoms with Crippen molar-refractivity contribution in [3.63, 3.8) is 0 Å². The molecule has 8 N–H and O–H groups in total. The van der Waals surface area contributed by atoms with Crippen LogP contribution in [0.25, 0.3) is 5.69 Å². The molecule has 0 fully saturated rings. The molecular formula is C24H29N9O5. The van der Waals surface area contributed by atoms with Gasteiger partial charge in [0.05, 0.1) is 11.3 Å². The van der Waals surface area contributed by atoms with E-state index in [1.165, 1.54) is 18.2 Å². The number of aromatic carboxylic acids is 1. The fourth-order valence-corrected chi connectivity index (χ4v) is 3.51. The molecule has 0 saturated carbocycles. The first-order chi connectivity index (χ1) is 18.0. The fraction of sp³-hybridized carbons (Fsp3) is 0.250. The topological polar surface area (TPSA) is 214 Å². The minimum Gasteiger partial charge on any atom is -0.478 e. The van der Waals surface area contributed by atoms with Gasteiger partial charge in [0.15, 0.2) is 0 Å². The van der Waals surface area contributed by atoms with Gasteiger partial charge in [-0.2, -0.15) is 4.68 Å². The van der Waals surface area contributed by atoms with Gasteiger partial charge in [-0.25, -0.2) is 19.2 Å². The molecule has 2 aromatic carbocycles. The number of carbonyl (C=O) groups is 2. The Balaban J connectivity index is 1.98. The summed E-state index contributed by atoms with van der Waals surface area (Å²) in [5, 5.41) is 25.3. The van der Waals surface area contributed by atoms with E-state index in [0.29, 0.717) is 28.8 Å². The number of amides is 1. The first-order valence-electron chi connectivity index (χ1n) is 11.6. The van der Waals surface area contributed by atoms with Crippen molar-refractivity contribution < 1.29 is 14.7 Å². The summed E-state index contributed by atoms with van der Waals surface area (Å²) in [5.41, 5.74) is 13.5. The van der Waals surface area contributed by atoms with Crippen LogP contribution in [0.2, 0.25) is 0 Å². The number of benzene rings is 2. The normalized spacial score (nSPS) is 10.8. The number of hydrogen-bond donors (Lipinski definition) is 6. The smallest absolute Gasteiger partial charge is 0.352 e. The second-order valence-electron chi connectivity index (χ2n) is 8.22. The van der Waals surface area contributed by atoms with Crippen LogP contribution < -0.4 is 33.5 Å². The molecule has 0 spiro atoms. The van der Waals surface area contributed by atoms with Gasteiger partial charge in [-0.1, -0.05) is 38.1 Å². The predicted octanol–water partition coefficient (Wildman–Crippen LogP) is -0.0562. The standard InChI is InChI=1S/C24H29N9O5/c1-3-31(4-2)29-21-22(35)32(13-19(34)28-12-14-5-7-15(8-6-14)20(26)27)24(38)33(30-21)18-10-16(23(36)37)9-17(25)11-18/h5-11H,3-4,12-13,25H2,1-2H3,(H3,26,27)(H,28,34)(H,29,30)(H,36,37). The lowest BCUT2D eigenvalue weighted by molar-refractivity contribution is -0.121. The van der Waals surface area contributed by atoms with Gasteiger partial charge < -0.3 is 21.9 Å². The van der Waals surface area contributed by atoms with E-state index in [9.17, 15) is 24.3 Å². The SMILES string of the molecule is CCN(CC)Nc1nn(-c2cc(N)cc(C(=O)O)c2)c(=O)n(CC(=O)NCc2ccc(C(=N)N)cc2)c1=O. The van der Waals surface area contributed by atoms with Crippen LogP contribution in [0.4, 0.5) is 11.5 Å². The van der Waals surface area contributed by atoms with Crippen molar-refractivity contribution >= 4 is 29.2 Å². The second-order valence-corrected chi connectivity index (χ2v) is 8.22. The summed E-state index contributed by atoms with van der Waals surface area (Å²) >= 11 is 0. The van der Waals surface area contributed by atoms with Crippen LogP contribution in [0.1, 0.15) is 35.3 Å². The molecule has 0 unspecified atom stereocenters. The average Bonchev–Trinajstić information content (AvgIpc) is 2.89.